The number of imidazole rings is 1. The Labute approximate surface area is 211 Å². The van der Waals surface area contributed by atoms with Crippen molar-refractivity contribution in [3.05, 3.63) is 77.7 Å². The molecule has 0 bridgehead atoms. The summed E-state index contributed by atoms with van der Waals surface area (Å²) in [6.45, 7) is 10.4. The predicted molar refractivity (Wildman–Crippen MR) is 142 cm³/mol. The van der Waals surface area contributed by atoms with E-state index in [-0.39, 0.29) is 6.03 Å². The van der Waals surface area contributed by atoms with Gasteiger partial charge in [-0.1, -0.05) is 6.07 Å². The summed E-state index contributed by atoms with van der Waals surface area (Å²) in [5, 5.41) is 2.99. The van der Waals surface area contributed by atoms with Crippen molar-refractivity contribution >= 4 is 22.9 Å². The van der Waals surface area contributed by atoms with Crippen LogP contribution in [-0.4, -0.2) is 63.2 Å². The summed E-state index contributed by atoms with van der Waals surface area (Å²) in [4.78, 5) is 26.6. The van der Waals surface area contributed by atoms with Crippen LogP contribution in [0, 0.1) is 13.8 Å². The standard InChI is InChI=1S/C28H32N6O2/c1-4-36-24-9-7-22(8-10-24)30-28(35)33-14-12-32(13-15-33)19-26-31-25-6-5-11-29-27(25)34(26)23-17-20(2)16-21(3)18-23/h5-11,16-18H,4,12-15,19H2,1-3H3,(H,30,35). The van der Waals surface area contributed by atoms with E-state index in [4.69, 9.17) is 9.72 Å². The van der Waals surface area contributed by atoms with Gasteiger partial charge in [-0.15, -0.1) is 0 Å². The van der Waals surface area contributed by atoms with Crippen LogP contribution in [0.3, 0.4) is 0 Å². The molecule has 8 nitrogen and oxygen atoms in total. The van der Waals surface area contributed by atoms with Gasteiger partial charge < -0.3 is 15.0 Å². The molecule has 36 heavy (non-hydrogen) atoms. The Balaban J connectivity index is 1.26. The highest BCUT2D eigenvalue weighted by Gasteiger charge is 2.23. The third-order valence-electron chi connectivity index (χ3n) is 6.39. The number of ether oxygens (including phenoxy) is 1. The van der Waals surface area contributed by atoms with Gasteiger partial charge in [0.1, 0.15) is 17.1 Å². The minimum Gasteiger partial charge on any atom is -0.494 e. The first-order valence-electron chi connectivity index (χ1n) is 12.4. The van der Waals surface area contributed by atoms with Gasteiger partial charge >= 0.3 is 6.03 Å². The lowest BCUT2D eigenvalue weighted by Gasteiger charge is -2.34. The molecule has 1 aliphatic heterocycles. The maximum Gasteiger partial charge on any atom is 0.321 e. The summed E-state index contributed by atoms with van der Waals surface area (Å²) in [5.41, 5.74) is 6.02. The second-order valence-electron chi connectivity index (χ2n) is 9.21. The van der Waals surface area contributed by atoms with Crippen molar-refractivity contribution in [1.29, 1.82) is 0 Å². The number of nitrogens with zero attached hydrogens (tertiary/aromatic N) is 5. The Morgan fingerprint density at radius 3 is 2.42 bits per heavy atom. The Morgan fingerprint density at radius 2 is 1.72 bits per heavy atom. The summed E-state index contributed by atoms with van der Waals surface area (Å²) in [7, 11) is 0. The lowest BCUT2D eigenvalue weighted by atomic mass is 10.1. The van der Waals surface area contributed by atoms with Crippen molar-refractivity contribution in [2.24, 2.45) is 0 Å². The molecule has 1 saturated heterocycles. The minimum absolute atomic E-state index is 0.0783. The van der Waals surface area contributed by atoms with Crippen LogP contribution in [-0.2, 0) is 6.54 Å². The molecule has 0 aliphatic carbocycles. The first kappa shape index (κ1) is 23.8. The van der Waals surface area contributed by atoms with Crippen molar-refractivity contribution < 1.29 is 9.53 Å². The monoisotopic (exact) mass is 484 g/mol. The molecule has 1 N–H and O–H groups in total. The van der Waals surface area contributed by atoms with Crippen LogP contribution in [0.15, 0.2) is 60.8 Å². The molecule has 4 aromatic rings. The third-order valence-corrected chi connectivity index (χ3v) is 6.39. The Morgan fingerprint density at radius 1 is 1.00 bits per heavy atom. The topological polar surface area (TPSA) is 75.5 Å². The Bertz CT molecular complexity index is 1340. The zero-order valence-electron chi connectivity index (χ0n) is 21.1. The van der Waals surface area contributed by atoms with Gasteiger partial charge in [-0.3, -0.25) is 9.47 Å². The van der Waals surface area contributed by atoms with Gasteiger partial charge in [0.25, 0.3) is 0 Å². The zero-order valence-corrected chi connectivity index (χ0v) is 21.1. The average molecular weight is 485 g/mol. The quantitative estimate of drug-likeness (QED) is 0.426. The molecular weight excluding hydrogens is 452 g/mol. The van der Waals surface area contributed by atoms with Gasteiger partial charge in [-0.25, -0.2) is 14.8 Å². The number of pyridine rings is 1. The number of fused-ring (bicyclic) bond motifs is 1. The molecule has 186 valence electrons. The number of benzene rings is 2. The number of aryl methyl sites for hydroxylation is 2. The second-order valence-corrected chi connectivity index (χ2v) is 9.21. The fraction of sp³-hybridized carbons (Fsp3) is 0.321. The van der Waals surface area contributed by atoms with E-state index in [1.165, 1.54) is 11.1 Å². The van der Waals surface area contributed by atoms with Crippen LogP contribution in [0.2, 0.25) is 0 Å². The number of urea groups is 1. The molecule has 1 fully saturated rings. The second kappa shape index (κ2) is 10.4. The van der Waals surface area contributed by atoms with Gasteiger partial charge in [-0.05, 0) is 80.4 Å². The van der Waals surface area contributed by atoms with Crippen molar-refractivity contribution in [1.82, 2.24) is 24.3 Å². The van der Waals surface area contributed by atoms with Crippen molar-refractivity contribution in [2.75, 3.05) is 38.1 Å². The highest BCUT2D eigenvalue weighted by atomic mass is 16.5. The molecule has 8 heteroatoms. The van der Waals surface area contributed by atoms with Gasteiger partial charge in [0.15, 0.2) is 5.65 Å². The van der Waals surface area contributed by atoms with E-state index in [2.05, 4.69) is 51.8 Å². The number of hydrogen-bond acceptors (Lipinski definition) is 5. The van der Waals surface area contributed by atoms with Gasteiger partial charge in [0.2, 0.25) is 0 Å². The smallest absolute Gasteiger partial charge is 0.321 e. The summed E-state index contributed by atoms with van der Waals surface area (Å²) >= 11 is 0. The summed E-state index contributed by atoms with van der Waals surface area (Å²) in [6, 6.07) is 17.8. The summed E-state index contributed by atoms with van der Waals surface area (Å²) < 4.78 is 7.64. The maximum atomic E-state index is 12.8. The molecular formula is C28H32N6O2. The van der Waals surface area contributed by atoms with Crippen molar-refractivity contribution in [3.8, 4) is 11.4 Å². The SMILES string of the molecule is CCOc1ccc(NC(=O)N2CCN(Cc3nc4cccnc4n3-c3cc(C)cc(C)c3)CC2)cc1. The summed E-state index contributed by atoms with van der Waals surface area (Å²) in [6.07, 6.45) is 1.81. The van der Waals surface area contributed by atoms with Gasteiger partial charge in [0.05, 0.1) is 13.2 Å². The molecule has 1 aliphatic rings. The highest BCUT2D eigenvalue weighted by Crippen LogP contribution is 2.23. The molecule has 0 atom stereocenters. The molecule has 0 radical (unpaired) electrons. The largest absolute Gasteiger partial charge is 0.494 e. The number of carbonyl (C=O) groups is 1. The van der Waals surface area contributed by atoms with Crippen LogP contribution < -0.4 is 10.1 Å². The summed E-state index contributed by atoms with van der Waals surface area (Å²) in [5.74, 6) is 1.76. The lowest BCUT2D eigenvalue weighted by molar-refractivity contribution is 0.140. The number of amides is 2. The van der Waals surface area contributed by atoms with Crippen molar-refractivity contribution in [3.63, 3.8) is 0 Å². The fourth-order valence-electron chi connectivity index (χ4n) is 4.73. The van der Waals surface area contributed by atoms with E-state index < -0.39 is 0 Å². The Kier molecular flexibility index (Phi) is 6.86. The minimum atomic E-state index is -0.0783. The highest BCUT2D eigenvalue weighted by molar-refractivity contribution is 5.89. The average Bonchev–Trinajstić information content (AvgIpc) is 3.23. The number of nitrogens with one attached hydrogen (secondary N) is 1. The molecule has 0 spiro atoms. The lowest BCUT2D eigenvalue weighted by Crippen LogP contribution is -2.49. The van der Waals surface area contributed by atoms with Crippen molar-refractivity contribution in [2.45, 2.75) is 27.3 Å². The normalized spacial score (nSPS) is 14.2. The van der Waals surface area contributed by atoms with E-state index in [0.717, 1.165) is 47.2 Å². The molecule has 3 heterocycles. The number of piperazine rings is 1. The fourth-order valence-corrected chi connectivity index (χ4v) is 4.73. The molecule has 0 unspecified atom stereocenters. The number of hydrogen-bond donors (Lipinski definition) is 1. The first-order chi connectivity index (χ1) is 17.5. The van der Waals surface area contributed by atoms with E-state index in [0.29, 0.717) is 26.2 Å². The molecule has 2 aromatic carbocycles. The van der Waals surface area contributed by atoms with Crippen LogP contribution >= 0.6 is 0 Å². The first-order valence-corrected chi connectivity index (χ1v) is 12.4. The Hall–Kier alpha value is -3.91. The number of carbonyl (C=O) groups excluding carboxylic acids is 1. The van der Waals surface area contributed by atoms with E-state index in [9.17, 15) is 4.79 Å². The maximum absolute atomic E-state index is 12.8. The van der Waals surface area contributed by atoms with Crippen LogP contribution in [0.25, 0.3) is 16.9 Å². The van der Waals surface area contributed by atoms with E-state index in [1.54, 1.807) is 0 Å². The van der Waals surface area contributed by atoms with Gasteiger partial charge in [0, 0.05) is 43.8 Å². The third kappa shape index (κ3) is 5.18. The van der Waals surface area contributed by atoms with Crippen LogP contribution in [0.5, 0.6) is 5.75 Å². The van der Waals surface area contributed by atoms with Crippen LogP contribution in [0.1, 0.15) is 23.9 Å². The van der Waals surface area contributed by atoms with Gasteiger partial charge in [-0.2, -0.15) is 0 Å². The molecule has 0 saturated carbocycles. The molecule has 2 aromatic heterocycles. The molecule has 2 amide bonds. The number of aromatic nitrogens is 3. The van der Waals surface area contributed by atoms with Crippen LogP contribution in [0.4, 0.5) is 10.5 Å². The van der Waals surface area contributed by atoms with E-state index >= 15 is 0 Å². The van der Waals surface area contributed by atoms with E-state index in [1.807, 2.05) is 54.4 Å². The molecule has 5 rings (SSSR count). The number of anilines is 1. The zero-order chi connectivity index (χ0) is 25.1. The predicted octanol–water partition coefficient (Wildman–Crippen LogP) is 4.79. The number of rotatable bonds is 6.